The van der Waals surface area contributed by atoms with Gasteiger partial charge in [0.15, 0.2) is 0 Å². The van der Waals surface area contributed by atoms with Gasteiger partial charge in [0.2, 0.25) is 0 Å². The first-order chi connectivity index (χ1) is 8.56. The maximum absolute atomic E-state index is 11.9. The van der Waals surface area contributed by atoms with Crippen LogP contribution in [0.4, 0.5) is 0 Å². The Balaban J connectivity index is 1.98. The summed E-state index contributed by atoms with van der Waals surface area (Å²) >= 11 is 0. The molecule has 4 heteroatoms. The van der Waals surface area contributed by atoms with Crippen molar-refractivity contribution in [2.75, 3.05) is 0 Å². The van der Waals surface area contributed by atoms with Gasteiger partial charge in [-0.2, -0.15) is 0 Å². The number of benzene rings is 1. The van der Waals surface area contributed by atoms with E-state index in [2.05, 4.69) is 12.2 Å². The molecule has 2 N–H and O–H groups in total. The van der Waals surface area contributed by atoms with Crippen molar-refractivity contribution in [2.45, 2.75) is 32.2 Å². The van der Waals surface area contributed by atoms with E-state index >= 15 is 0 Å². The van der Waals surface area contributed by atoms with Crippen LogP contribution < -0.4 is 5.32 Å². The summed E-state index contributed by atoms with van der Waals surface area (Å²) in [7, 11) is 0. The molecule has 1 aromatic rings. The molecule has 2 atom stereocenters. The lowest BCUT2D eigenvalue weighted by atomic mass is 10.1. The molecular formula is C14H17NO3. The first-order valence-electron chi connectivity index (χ1n) is 6.20. The van der Waals surface area contributed by atoms with Crippen LogP contribution in [0, 0.1) is 5.92 Å². The highest BCUT2D eigenvalue weighted by Gasteiger charge is 2.23. The Bertz CT molecular complexity index is 453. The van der Waals surface area contributed by atoms with Gasteiger partial charge in [-0.15, -0.1) is 0 Å². The number of carbonyl (C=O) groups is 2. The smallest absolute Gasteiger partial charge is 0.335 e. The molecule has 0 heterocycles. The van der Waals surface area contributed by atoms with E-state index in [0.717, 1.165) is 19.3 Å². The summed E-state index contributed by atoms with van der Waals surface area (Å²) in [6, 6.07) is 6.27. The van der Waals surface area contributed by atoms with Gasteiger partial charge in [-0.1, -0.05) is 6.92 Å². The number of rotatable bonds is 3. The van der Waals surface area contributed by atoms with Gasteiger partial charge < -0.3 is 10.4 Å². The Morgan fingerprint density at radius 1 is 1.17 bits per heavy atom. The highest BCUT2D eigenvalue weighted by Crippen LogP contribution is 2.24. The molecule has 1 fully saturated rings. The minimum atomic E-state index is -0.980. The standard InChI is InChI=1S/C14H17NO3/c1-9-2-7-12(8-9)15-13(16)10-3-5-11(6-4-10)14(17)18/h3-6,9,12H,2,7-8H2,1H3,(H,15,16)(H,17,18). The summed E-state index contributed by atoms with van der Waals surface area (Å²) in [5, 5.41) is 11.8. The minimum absolute atomic E-state index is 0.119. The van der Waals surface area contributed by atoms with Gasteiger partial charge >= 0.3 is 5.97 Å². The lowest BCUT2D eigenvalue weighted by molar-refractivity contribution is 0.0696. The van der Waals surface area contributed by atoms with Crippen molar-refractivity contribution in [3.63, 3.8) is 0 Å². The molecule has 2 rings (SSSR count). The average molecular weight is 247 g/mol. The van der Waals surface area contributed by atoms with E-state index in [1.807, 2.05) is 0 Å². The number of amides is 1. The number of nitrogens with one attached hydrogen (secondary N) is 1. The van der Waals surface area contributed by atoms with Crippen LogP contribution in [0.5, 0.6) is 0 Å². The third kappa shape index (κ3) is 2.88. The van der Waals surface area contributed by atoms with E-state index in [0.29, 0.717) is 11.5 Å². The van der Waals surface area contributed by atoms with Gasteiger partial charge in [-0.25, -0.2) is 4.79 Å². The zero-order chi connectivity index (χ0) is 13.1. The molecule has 96 valence electrons. The van der Waals surface area contributed by atoms with E-state index < -0.39 is 5.97 Å². The van der Waals surface area contributed by atoms with E-state index in [-0.39, 0.29) is 17.5 Å². The normalized spacial score (nSPS) is 22.7. The summed E-state index contributed by atoms with van der Waals surface area (Å²) in [5.41, 5.74) is 0.709. The number of carbonyl (C=O) groups excluding carboxylic acids is 1. The summed E-state index contributed by atoms with van der Waals surface area (Å²) in [6.45, 7) is 2.19. The van der Waals surface area contributed by atoms with E-state index in [4.69, 9.17) is 5.11 Å². The van der Waals surface area contributed by atoms with Crippen molar-refractivity contribution in [1.29, 1.82) is 0 Å². The molecule has 1 saturated carbocycles. The Hall–Kier alpha value is -1.84. The maximum atomic E-state index is 11.9. The molecule has 0 bridgehead atoms. The van der Waals surface area contributed by atoms with Crippen LogP contribution in [-0.4, -0.2) is 23.0 Å². The second-order valence-electron chi connectivity index (χ2n) is 4.97. The predicted molar refractivity (Wildman–Crippen MR) is 67.7 cm³/mol. The van der Waals surface area contributed by atoms with Crippen molar-refractivity contribution < 1.29 is 14.7 Å². The Morgan fingerprint density at radius 3 is 2.28 bits per heavy atom. The first kappa shape index (κ1) is 12.6. The SMILES string of the molecule is CC1CCC(NC(=O)c2ccc(C(=O)O)cc2)C1. The number of aromatic carboxylic acids is 1. The molecule has 2 unspecified atom stereocenters. The molecule has 1 aliphatic rings. The van der Waals surface area contributed by atoms with Gasteiger partial charge in [0, 0.05) is 11.6 Å². The second kappa shape index (κ2) is 5.21. The van der Waals surface area contributed by atoms with Gasteiger partial charge in [0.1, 0.15) is 0 Å². The third-order valence-electron chi connectivity index (χ3n) is 3.42. The molecule has 1 aromatic carbocycles. The highest BCUT2D eigenvalue weighted by molar-refractivity contribution is 5.96. The van der Waals surface area contributed by atoms with Crippen molar-refractivity contribution in [2.24, 2.45) is 5.92 Å². The molecule has 0 aromatic heterocycles. The van der Waals surface area contributed by atoms with Gasteiger partial charge in [-0.3, -0.25) is 4.79 Å². The fourth-order valence-electron chi connectivity index (χ4n) is 2.37. The molecule has 1 aliphatic carbocycles. The Labute approximate surface area is 106 Å². The van der Waals surface area contributed by atoms with E-state index in [9.17, 15) is 9.59 Å². The molecule has 0 saturated heterocycles. The number of hydrogen-bond donors (Lipinski definition) is 2. The maximum Gasteiger partial charge on any atom is 0.335 e. The van der Waals surface area contributed by atoms with E-state index in [1.54, 1.807) is 12.1 Å². The largest absolute Gasteiger partial charge is 0.478 e. The predicted octanol–water partition coefficient (Wildman–Crippen LogP) is 2.30. The number of hydrogen-bond acceptors (Lipinski definition) is 2. The van der Waals surface area contributed by atoms with Crippen LogP contribution in [0.3, 0.4) is 0 Å². The molecule has 18 heavy (non-hydrogen) atoms. The van der Waals surface area contributed by atoms with Crippen molar-refractivity contribution in [3.8, 4) is 0 Å². The van der Waals surface area contributed by atoms with Gasteiger partial charge in [-0.05, 0) is 49.4 Å². The number of carboxylic acid groups (broad SMARTS) is 1. The average Bonchev–Trinajstić information content (AvgIpc) is 2.75. The fourth-order valence-corrected chi connectivity index (χ4v) is 2.37. The monoisotopic (exact) mass is 247 g/mol. The van der Waals surface area contributed by atoms with E-state index in [1.165, 1.54) is 12.1 Å². The molecule has 0 aliphatic heterocycles. The van der Waals surface area contributed by atoms with Crippen LogP contribution in [0.25, 0.3) is 0 Å². The van der Waals surface area contributed by atoms with Gasteiger partial charge in [0.25, 0.3) is 5.91 Å². The Morgan fingerprint density at radius 2 is 1.78 bits per heavy atom. The van der Waals surface area contributed by atoms with Crippen LogP contribution in [0.2, 0.25) is 0 Å². The molecule has 0 radical (unpaired) electrons. The summed E-state index contributed by atoms with van der Waals surface area (Å²) in [5.74, 6) is -0.428. The second-order valence-corrected chi connectivity index (χ2v) is 4.97. The summed E-state index contributed by atoms with van der Waals surface area (Å²) < 4.78 is 0. The van der Waals surface area contributed by atoms with Crippen LogP contribution in [0.1, 0.15) is 46.9 Å². The molecule has 4 nitrogen and oxygen atoms in total. The van der Waals surface area contributed by atoms with Crippen molar-refractivity contribution >= 4 is 11.9 Å². The van der Waals surface area contributed by atoms with Crippen LogP contribution in [-0.2, 0) is 0 Å². The quantitative estimate of drug-likeness (QED) is 0.861. The third-order valence-corrected chi connectivity index (χ3v) is 3.42. The topological polar surface area (TPSA) is 66.4 Å². The van der Waals surface area contributed by atoms with Crippen LogP contribution >= 0.6 is 0 Å². The highest BCUT2D eigenvalue weighted by atomic mass is 16.4. The lowest BCUT2D eigenvalue weighted by Crippen LogP contribution is -2.32. The summed E-state index contributed by atoms with van der Waals surface area (Å²) in [4.78, 5) is 22.6. The summed E-state index contributed by atoms with van der Waals surface area (Å²) in [6.07, 6.45) is 3.21. The first-order valence-corrected chi connectivity index (χ1v) is 6.20. The molecule has 1 amide bonds. The van der Waals surface area contributed by atoms with Crippen molar-refractivity contribution in [3.05, 3.63) is 35.4 Å². The zero-order valence-electron chi connectivity index (χ0n) is 10.3. The Kier molecular flexibility index (Phi) is 3.65. The molecular weight excluding hydrogens is 230 g/mol. The molecule has 0 spiro atoms. The van der Waals surface area contributed by atoms with Crippen molar-refractivity contribution in [1.82, 2.24) is 5.32 Å². The van der Waals surface area contributed by atoms with Gasteiger partial charge in [0.05, 0.1) is 5.56 Å². The minimum Gasteiger partial charge on any atom is -0.478 e. The zero-order valence-corrected chi connectivity index (χ0v) is 10.3. The van der Waals surface area contributed by atoms with Crippen LogP contribution in [0.15, 0.2) is 24.3 Å². The fraction of sp³-hybridized carbons (Fsp3) is 0.429. The number of carboxylic acids is 1. The lowest BCUT2D eigenvalue weighted by Gasteiger charge is -2.12.